The Morgan fingerprint density at radius 2 is 1.94 bits per heavy atom. The molecule has 0 fully saturated rings. The van der Waals surface area contributed by atoms with Gasteiger partial charge in [0.2, 0.25) is 5.75 Å². The van der Waals surface area contributed by atoms with Crippen molar-refractivity contribution in [1.29, 1.82) is 0 Å². The number of rotatable bonds is 9. The summed E-state index contributed by atoms with van der Waals surface area (Å²) in [5.74, 6) is 0.922. The third-order valence-electron chi connectivity index (χ3n) is 2.11. The Hall–Kier alpha value is -1.60. The minimum absolute atomic E-state index is 0.253. The van der Waals surface area contributed by atoms with Crippen molar-refractivity contribution in [3.05, 3.63) is 6.33 Å². The standard InChI is InChI=1S/C11H19N3O4/c1-15-4-3-5-17-6-7-18-11-9(16-2)10(12)13-8-14-11/h8H,3-7H2,1-2H3,(H2,12,13,14). The van der Waals surface area contributed by atoms with Gasteiger partial charge in [-0.25, -0.2) is 4.98 Å². The number of anilines is 1. The van der Waals surface area contributed by atoms with Gasteiger partial charge in [0.05, 0.1) is 13.7 Å². The van der Waals surface area contributed by atoms with Crippen molar-refractivity contribution in [2.75, 3.05) is 46.4 Å². The number of nitrogens with zero attached hydrogens (tertiary/aromatic N) is 2. The predicted octanol–water partition coefficient (Wildman–Crippen LogP) is 0.499. The molecule has 0 saturated carbocycles. The van der Waals surface area contributed by atoms with Gasteiger partial charge in [-0.2, -0.15) is 4.98 Å². The fourth-order valence-electron chi connectivity index (χ4n) is 1.27. The van der Waals surface area contributed by atoms with E-state index >= 15 is 0 Å². The zero-order valence-electron chi connectivity index (χ0n) is 10.7. The van der Waals surface area contributed by atoms with Crippen LogP contribution in [0.5, 0.6) is 11.6 Å². The van der Waals surface area contributed by atoms with Crippen LogP contribution in [0, 0.1) is 0 Å². The minimum atomic E-state index is 0.253. The summed E-state index contributed by atoms with van der Waals surface area (Å²) in [6, 6.07) is 0. The molecule has 0 bridgehead atoms. The lowest BCUT2D eigenvalue weighted by Gasteiger charge is -2.10. The largest absolute Gasteiger partial charge is 0.489 e. The highest BCUT2D eigenvalue weighted by molar-refractivity contribution is 5.51. The van der Waals surface area contributed by atoms with Crippen molar-refractivity contribution in [2.24, 2.45) is 0 Å². The Bertz CT molecular complexity index is 349. The highest BCUT2D eigenvalue weighted by Crippen LogP contribution is 2.28. The quantitative estimate of drug-likeness (QED) is 0.644. The molecule has 0 aliphatic rings. The second-order valence-corrected chi connectivity index (χ2v) is 3.40. The molecule has 1 aromatic heterocycles. The van der Waals surface area contributed by atoms with E-state index in [9.17, 15) is 0 Å². The van der Waals surface area contributed by atoms with Crippen molar-refractivity contribution in [3.63, 3.8) is 0 Å². The summed E-state index contributed by atoms with van der Waals surface area (Å²) in [6.45, 7) is 2.17. The van der Waals surface area contributed by atoms with Gasteiger partial charge in [0.1, 0.15) is 12.9 Å². The molecule has 7 nitrogen and oxygen atoms in total. The molecule has 0 aliphatic heterocycles. The zero-order chi connectivity index (χ0) is 13.2. The van der Waals surface area contributed by atoms with Crippen molar-refractivity contribution >= 4 is 5.82 Å². The summed E-state index contributed by atoms with van der Waals surface area (Å²) >= 11 is 0. The smallest absolute Gasteiger partial charge is 0.262 e. The number of hydrogen-bond donors (Lipinski definition) is 1. The predicted molar refractivity (Wildman–Crippen MR) is 65.8 cm³/mol. The summed E-state index contributed by atoms with van der Waals surface area (Å²) in [4.78, 5) is 7.75. The SMILES string of the molecule is COCCCOCCOc1ncnc(N)c1OC. The Labute approximate surface area is 106 Å². The van der Waals surface area contributed by atoms with E-state index in [1.54, 1.807) is 7.11 Å². The van der Waals surface area contributed by atoms with Crippen LogP contribution >= 0.6 is 0 Å². The molecule has 0 radical (unpaired) electrons. The first-order chi connectivity index (χ1) is 8.79. The van der Waals surface area contributed by atoms with Crippen LogP contribution in [-0.4, -0.2) is 50.6 Å². The van der Waals surface area contributed by atoms with Gasteiger partial charge >= 0.3 is 0 Å². The van der Waals surface area contributed by atoms with Gasteiger partial charge in [-0.3, -0.25) is 0 Å². The minimum Gasteiger partial charge on any atom is -0.489 e. The van der Waals surface area contributed by atoms with Crippen molar-refractivity contribution in [3.8, 4) is 11.6 Å². The molecule has 2 N–H and O–H groups in total. The number of aromatic nitrogens is 2. The summed E-state index contributed by atoms with van der Waals surface area (Å²) in [5.41, 5.74) is 5.62. The first kappa shape index (κ1) is 14.5. The number of hydrogen-bond acceptors (Lipinski definition) is 7. The van der Waals surface area contributed by atoms with E-state index in [-0.39, 0.29) is 5.82 Å². The molecule has 0 unspecified atom stereocenters. The first-order valence-corrected chi connectivity index (χ1v) is 5.63. The highest BCUT2D eigenvalue weighted by Gasteiger charge is 2.10. The maximum Gasteiger partial charge on any atom is 0.262 e. The monoisotopic (exact) mass is 257 g/mol. The van der Waals surface area contributed by atoms with E-state index in [2.05, 4.69) is 9.97 Å². The molecule has 0 aromatic carbocycles. The van der Waals surface area contributed by atoms with Crippen LogP contribution in [-0.2, 0) is 9.47 Å². The summed E-state index contributed by atoms with van der Waals surface area (Å²) in [6.07, 6.45) is 2.19. The zero-order valence-corrected chi connectivity index (χ0v) is 10.7. The molecule has 0 atom stereocenters. The van der Waals surface area contributed by atoms with Crippen LogP contribution in [0.15, 0.2) is 6.33 Å². The Morgan fingerprint density at radius 1 is 1.11 bits per heavy atom. The number of nitrogen functional groups attached to an aromatic ring is 1. The van der Waals surface area contributed by atoms with Crippen LogP contribution in [0.1, 0.15) is 6.42 Å². The van der Waals surface area contributed by atoms with Crippen LogP contribution < -0.4 is 15.2 Å². The van der Waals surface area contributed by atoms with Crippen molar-refractivity contribution in [1.82, 2.24) is 9.97 Å². The van der Waals surface area contributed by atoms with E-state index in [0.717, 1.165) is 6.42 Å². The summed E-state index contributed by atoms with van der Waals surface area (Å²) in [7, 11) is 3.15. The second-order valence-electron chi connectivity index (χ2n) is 3.40. The van der Waals surface area contributed by atoms with E-state index in [4.69, 9.17) is 24.7 Å². The molecule has 18 heavy (non-hydrogen) atoms. The Balaban J connectivity index is 2.25. The van der Waals surface area contributed by atoms with Crippen molar-refractivity contribution < 1.29 is 18.9 Å². The highest BCUT2D eigenvalue weighted by atomic mass is 16.5. The van der Waals surface area contributed by atoms with E-state index in [1.165, 1.54) is 13.4 Å². The fourth-order valence-corrected chi connectivity index (χ4v) is 1.27. The van der Waals surface area contributed by atoms with Gasteiger partial charge in [-0.15, -0.1) is 0 Å². The molecule has 1 heterocycles. The van der Waals surface area contributed by atoms with Crippen LogP contribution in [0.2, 0.25) is 0 Å². The fraction of sp³-hybridized carbons (Fsp3) is 0.636. The molecular formula is C11H19N3O4. The topological polar surface area (TPSA) is 88.7 Å². The maximum absolute atomic E-state index is 5.62. The number of ether oxygens (including phenoxy) is 4. The van der Waals surface area contributed by atoms with Crippen molar-refractivity contribution in [2.45, 2.75) is 6.42 Å². The Morgan fingerprint density at radius 3 is 2.67 bits per heavy atom. The molecule has 1 rings (SSSR count). The van der Waals surface area contributed by atoms with E-state index in [0.29, 0.717) is 38.1 Å². The third kappa shape index (κ3) is 4.72. The molecule has 0 aliphatic carbocycles. The van der Waals surface area contributed by atoms with Crippen LogP contribution in [0.25, 0.3) is 0 Å². The van der Waals surface area contributed by atoms with Gasteiger partial charge < -0.3 is 24.7 Å². The molecule has 1 aromatic rings. The summed E-state index contributed by atoms with van der Waals surface area (Å²) < 4.78 is 20.7. The van der Waals surface area contributed by atoms with E-state index in [1.807, 2.05) is 0 Å². The lowest BCUT2D eigenvalue weighted by atomic mass is 10.5. The van der Waals surface area contributed by atoms with Gasteiger partial charge in [-0.05, 0) is 6.42 Å². The van der Waals surface area contributed by atoms with Gasteiger partial charge in [0.25, 0.3) is 5.88 Å². The normalized spacial score (nSPS) is 10.3. The lowest BCUT2D eigenvalue weighted by Crippen LogP contribution is -2.10. The van der Waals surface area contributed by atoms with E-state index < -0.39 is 0 Å². The lowest BCUT2D eigenvalue weighted by molar-refractivity contribution is 0.0787. The average molecular weight is 257 g/mol. The van der Waals surface area contributed by atoms with Crippen LogP contribution in [0.3, 0.4) is 0 Å². The summed E-state index contributed by atoms with van der Waals surface area (Å²) in [5, 5.41) is 0. The first-order valence-electron chi connectivity index (χ1n) is 5.63. The molecule has 0 amide bonds. The van der Waals surface area contributed by atoms with Gasteiger partial charge in [-0.1, -0.05) is 0 Å². The average Bonchev–Trinajstić information content (AvgIpc) is 2.38. The number of nitrogens with two attached hydrogens (primary N) is 1. The van der Waals surface area contributed by atoms with Crippen LogP contribution in [0.4, 0.5) is 5.82 Å². The molecule has 7 heteroatoms. The molecule has 0 spiro atoms. The molecular weight excluding hydrogens is 238 g/mol. The Kier molecular flexibility index (Phi) is 6.82. The van der Waals surface area contributed by atoms with Gasteiger partial charge in [0.15, 0.2) is 5.82 Å². The molecule has 102 valence electrons. The van der Waals surface area contributed by atoms with Gasteiger partial charge in [0, 0.05) is 20.3 Å². The second kappa shape index (κ2) is 8.48. The number of methoxy groups -OCH3 is 2. The maximum atomic E-state index is 5.62. The third-order valence-corrected chi connectivity index (χ3v) is 2.11. The molecule has 0 saturated heterocycles.